The fraction of sp³-hybridized carbons (Fsp3) is 0.875. The summed E-state index contributed by atoms with van der Waals surface area (Å²) in [6.45, 7) is 6.62. The molecule has 0 aromatic rings. The van der Waals surface area contributed by atoms with E-state index in [-0.39, 0.29) is 6.04 Å². The Kier molecular flexibility index (Phi) is 3.67. The van der Waals surface area contributed by atoms with Gasteiger partial charge in [0.05, 0.1) is 5.60 Å². The van der Waals surface area contributed by atoms with E-state index in [1.54, 1.807) is 0 Å². The SMILES string of the molecule is CC(C)N[C@H](C(=O)O)C(C)(C)O. The number of carboxylic acid groups (broad SMARTS) is 1. The molecule has 0 aliphatic carbocycles. The number of aliphatic carboxylic acids is 1. The Morgan fingerprint density at radius 3 is 1.92 bits per heavy atom. The molecule has 0 unspecified atom stereocenters. The van der Waals surface area contributed by atoms with Gasteiger partial charge in [0.25, 0.3) is 0 Å². The highest BCUT2D eigenvalue weighted by Crippen LogP contribution is 2.09. The summed E-state index contributed by atoms with van der Waals surface area (Å²) in [5, 5.41) is 21.0. The molecule has 0 bridgehead atoms. The van der Waals surface area contributed by atoms with Crippen LogP contribution in [-0.2, 0) is 4.79 Å². The van der Waals surface area contributed by atoms with E-state index in [1.165, 1.54) is 13.8 Å². The molecule has 0 amide bonds. The summed E-state index contributed by atoms with van der Waals surface area (Å²) in [6.07, 6.45) is 0. The third kappa shape index (κ3) is 3.69. The second-order valence-corrected chi connectivity index (χ2v) is 3.75. The van der Waals surface area contributed by atoms with Crippen LogP contribution in [0.15, 0.2) is 0 Å². The van der Waals surface area contributed by atoms with Gasteiger partial charge in [-0.1, -0.05) is 13.8 Å². The molecular weight excluding hydrogens is 158 g/mol. The van der Waals surface area contributed by atoms with Crippen molar-refractivity contribution >= 4 is 5.97 Å². The summed E-state index contributed by atoms with van der Waals surface area (Å²) < 4.78 is 0. The molecule has 0 rings (SSSR count). The van der Waals surface area contributed by atoms with E-state index in [9.17, 15) is 9.90 Å². The van der Waals surface area contributed by atoms with Gasteiger partial charge in [0.15, 0.2) is 0 Å². The molecule has 0 heterocycles. The highest BCUT2D eigenvalue weighted by Gasteiger charge is 2.33. The number of carboxylic acids is 1. The zero-order chi connectivity index (χ0) is 9.94. The van der Waals surface area contributed by atoms with Crippen LogP contribution in [0.2, 0.25) is 0 Å². The number of hydrogen-bond donors (Lipinski definition) is 3. The summed E-state index contributed by atoms with van der Waals surface area (Å²) in [5.41, 5.74) is -1.24. The number of hydrogen-bond acceptors (Lipinski definition) is 3. The minimum Gasteiger partial charge on any atom is -0.480 e. The number of aliphatic hydroxyl groups is 1. The van der Waals surface area contributed by atoms with Crippen molar-refractivity contribution in [3.05, 3.63) is 0 Å². The van der Waals surface area contributed by atoms with Gasteiger partial charge in [-0.3, -0.25) is 10.1 Å². The van der Waals surface area contributed by atoms with E-state index in [2.05, 4.69) is 5.32 Å². The molecule has 0 fully saturated rings. The Balaban J connectivity index is 4.35. The zero-order valence-corrected chi connectivity index (χ0v) is 7.96. The van der Waals surface area contributed by atoms with Gasteiger partial charge in [-0.25, -0.2) is 0 Å². The van der Waals surface area contributed by atoms with Gasteiger partial charge >= 0.3 is 5.97 Å². The van der Waals surface area contributed by atoms with Crippen molar-refractivity contribution in [3.8, 4) is 0 Å². The third-order valence-corrected chi connectivity index (χ3v) is 1.45. The zero-order valence-electron chi connectivity index (χ0n) is 7.96. The second-order valence-electron chi connectivity index (χ2n) is 3.75. The molecule has 3 N–H and O–H groups in total. The molecule has 0 spiro atoms. The van der Waals surface area contributed by atoms with Gasteiger partial charge < -0.3 is 10.2 Å². The molecule has 0 aromatic carbocycles. The molecule has 12 heavy (non-hydrogen) atoms. The van der Waals surface area contributed by atoms with E-state index in [0.717, 1.165) is 0 Å². The predicted molar refractivity (Wildman–Crippen MR) is 46.0 cm³/mol. The van der Waals surface area contributed by atoms with E-state index >= 15 is 0 Å². The maximum Gasteiger partial charge on any atom is 0.323 e. The van der Waals surface area contributed by atoms with Crippen molar-refractivity contribution in [2.45, 2.75) is 45.4 Å². The van der Waals surface area contributed by atoms with Crippen LogP contribution in [-0.4, -0.2) is 33.9 Å². The molecule has 0 radical (unpaired) electrons. The predicted octanol–water partition coefficient (Wildman–Crippen LogP) is 0.208. The first-order valence-corrected chi connectivity index (χ1v) is 3.96. The fourth-order valence-corrected chi connectivity index (χ4v) is 0.911. The lowest BCUT2D eigenvalue weighted by Gasteiger charge is -2.28. The lowest BCUT2D eigenvalue weighted by molar-refractivity contribution is -0.145. The van der Waals surface area contributed by atoms with Gasteiger partial charge in [0.2, 0.25) is 0 Å². The Bertz CT molecular complexity index is 160. The molecule has 0 saturated carbocycles. The van der Waals surface area contributed by atoms with Crippen molar-refractivity contribution in [2.75, 3.05) is 0 Å². The van der Waals surface area contributed by atoms with Crippen LogP contribution in [0.4, 0.5) is 0 Å². The minimum absolute atomic E-state index is 0.0394. The van der Waals surface area contributed by atoms with Crippen LogP contribution in [0.3, 0.4) is 0 Å². The molecule has 0 aliphatic rings. The van der Waals surface area contributed by atoms with Gasteiger partial charge in [-0.15, -0.1) is 0 Å². The maximum atomic E-state index is 10.7. The lowest BCUT2D eigenvalue weighted by atomic mass is 9.98. The van der Waals surface area contributed by atoms with Crippen molar-refractivity contribution in [1.82, 2.24) is 5.32 Å². The topological polar surface area (TPSA) is 69.6 Å². The average Bonchev–Trinajstić information content (AvgIpc) is 1.79. The van der Waals surface area contributed by atoms with Crippen molar-refractivity contribution in [2.24, 2.45) is 0 Å². The summed E-state index contributed by atoms with van der Waals surface area (Å²) in [6, 6.07) is -0.880. The Labute approximate surface area is 72.6 Å². The number of nitrogens with one attached hydrogen (secondary N) is 1. The standard InChI is InChI=1S/C8H17NO3/c1-5(2)9-6(7(10)11)8(3,4)12/h5-6,9,12H,1-4H3,(H,10,11)/t6-/m1/s1. The third-order valence-electron chi connectivity index (χ3n) is 1.45. The summed E-state index contributed by atoms with van der Waals surface area (Å²) >= 11 is 0. The number of carbonyl (C=O) groups is 1. The Morgan fingerprint density at radius 1 is 1.42 bits per heavy atom. The van der Waals surface area contributed by atoms with E-state index in [4.69, 9.17) is 5.11 Å². The molecule has 0 saturated heterocycles. The van der Waals surface area contributed by atoms with E-state index in [1.807, 2.05) is 13.8 Å². The van der Waals surface area contributed by atoms with E-state index in [0.29, 0.717) is 0 Å². The van der Waals surface area contributed by atoms with E-state index < -0.39 is 17.6 Å². The molecule has 1 atom stereocenters. The Hall–Kier alpha value is -0.610. The Morgan fingerprint density at radius 2 is 1.83 bits per heavy atom. The van der Waals surface area contributed by atoms with Crippen LogP contribution < -0.4 is 5.32 Å². The average molecular weight is 175 g/mol. The number of rotatable bonds is 4. The molecule has 0 aromatic heterocycles. The quantitative estimate of drug-likeness (QED) is 0.571. The minimum atomic E-state index is -1.24. The first-order chi connectivity index (χ1) is 5.25. The fourth-order valence-electron chi connectivity index (χ4n) is 0.911. The van der Waals surface area contributed by atoms with Crippen molar-refractivity contribution < 1.29 is 15.0 Å². The molecule has 0 aliphatic heterocycles. The van der Waals surface area contributed by atoms with Gasteiger partial charge in [0, 0.05) is 6.04 Å². The highest BCUT2D eigenvalue weighted by atomic mass is 16.4. The largest absolute Gasteiger partial charge is 0.480 e. The second kappa shape index (κ2) is 3.87. The summed E-state index contributed by atoms with van der Waals surface area (Å²) in [7, 11) is 0. The molecular formula is C8H17NO3. The van der Waals surface area contributed by atoms with Crippen LogP contribution in [0, 0.1) is 0 Å². The monoisotopic (exact) mass is 175 g/mol. The molecule has 4 nitrogen and oxygen atoms in total. The summed E-state index contributed by atoms with van der Waals surface area (Å²) in [5.74, 6) is -1.03. The molecule has 72 valence electrons. The van der Waals surface area contributed by atoms with Gasteiger partial charge in [-0.05, 0) is 13.8 Å². The summed E-state index contributed by atoms with van der Waals surface area (Å²) in [4.78, 5) is 10.7. The van der Waals surface area contributed by atoms with Crippen molar-refractivity contribution in [3.63, 3.8) is 0 Å². The van der Waals surface area contributed by atoms with Crippen LogP contribution >= 0.6 is 0 Å². The first-order valence-electron chi connectivity index (χ1n) is 3.96. The first kappa shape index (κ1) is 11.4. The highest BCUT2D eigenvalue weighted by molar-refractivity contribution is 5.75. The van der Waals surface area contributed by atoms with Crippen LogP contribution in [0.1, 0.15) is 27.7 Å². The van der Waals surface area contributed by atoms with Crippen molar-refractivity contribution in [1.29, 1.82) is 0 Å². The van der Waals surface area contributed by atoms with Gasteiger partial charge in [0.1, 0.15) is 6.04 Å². The van der Waals surface area contributed by atoms with Gasteiger partial charge in [-0.2, -0.15) is 0 Å². The molecule has 4 heteroatoms. The maximum absolute atomic E-state index is 10.7. The lowest BCUT2D eigenvalue weighted by Crippen LogP contribution is -2.54. The normalized spacial score (nSPS) is 14.8. The van der Waals surface area contributed by atoms with Crippen LogP contribution in [0.5, 0.6) is 0 Å². The van der Waals surface area contributed by atoms with Crippen LogP contribution in [0.25, 0.3) is 0 Å². The smallest absolute Gasteiger partial charge is 0.323 e.